The van der Waals surface area contributed by atoms with Gasteiger partial charge in [0.05, 0.1) is 18.6 Å². The number of amides is 3. The minimum absolute atomic E-state index is 0.0886. The number of allylic oxidation sites excluding steroid dienone is 2. The number of unbranched alkanes of at least 4 members (excludes halogenated alkanes) is 1. The summed E-state index contributed by atoms with van der Waals surface area (Å²) in [6.07, 6.45) is 6.29. The van der Waals surface area contributed by atoms with Crippen LogP contribution >= 0.6 is 0 Å². The maximum Gasteiger partial charge on any atom is 0.305 e. The lowest BCUT2D eigenvalue weighted by molar-refractivity contribution is -0.146. The van der Waals surface area contributed by atoms with Gasteiger partial charge in [-0.25, -0.2) is 0 Å². The zero-order valence-electron chi connectivity index (χ0n) is 22.8. The van der Waals surface area contributed by atoms with E-state index in [1.165, 1.54) is 0 Å². The van der Waals surface area contributed by atoms with E-state index in [1.807, 2.05) is 36.4 Å². The van der Waals surface area contributed by atoms with Gasteiger partial charge in [-0.3, -0.25) is 19.2 Å². The highest BCUT2D eigenvalue weighted by Gasteiger charge is 2.32. The van der Waals surface area contributed by atoms with Crippen molar-refractivity contribution in [3.8, 4) is 0 Å². The number of ether oxygens (including phenoxy) is 1. The number of nitrogens with one attached hydrogen (secondary N) is 2. The quantitative estimate of drug-likeness (QED) is 0.177. The van der Waals surface area contributed by atoms with Crippen LogP contribution in [0.5, 0.6) is 0 Å². The molecule has 9 heteroatoms. The number of hydrogen-bond acceptors (Lipinski definition) is 6. The van der Waals surface area contributed by atoms with Crippen molar-refractivity contribution in [1.29, 1.82) is 0 Å². The number of aliphatic hydroxyl groups is 1. The maximum absolute atomic E-state index is 13.3. The molecule has 1 saturated heterocycles. The smallest absolute Gasteiger partial charge is 0.305 e. The summed E-state index contributed by atoms with van der Waals surface area (Å²) in [6, 6.07) is 11.7. The summed E-state index contributed by atoms with van der Waals surface area (Å²) in [5.74, 6) is -2.56. The zero-order valence-corrected chi connectivity index (χ0v) is 22.8. The molecular weight excluding hydrogens is 510 g/mol. The van der Waals surface area contributed by atoms with Crippen LogP contribution in [0.1, 0.15) is 44.9 Å². The molecule has 2 aromatic rings. The summed E-state index contributed by atoms with van der Waals surface area (Å²) in [4.78, 5) is 53.4. The van der Waals surface area contributed by atoms with Crippen LogP contribution < -0.4 is 10.6 Å². The van der Waals surface area contributed by atoms with Crippen LogP contribution in [0, 0.1) is 5.92 Å². The van der Waals surface area contributed by atoms with E-state index in [2.05, 4.69) is 23.8 Å². The Hall–Kier alpha value is -3.98. The first kappa shape index (κ1) is 30.6. The third-order valence-electron chi connectivity index (χ3n) is 7.00. The minimum Gasteiger partial charge on any atom is -0.463 e. The lowest BCUT2D eigenvalue weighted by atomic mass is 9.98. The molecule has 2 aromatic carbocycles. The molecule has 1 aliphatic rings. The number of hydrogen-bond donors (Lipinski definition) is 3. The predicted octanol–water partition coefficient (Wildman–Crippen LogP) is 3.73. The molecule has 40 heavy (non-hydrogen) atoms. The van der Waals surface area contributed by atoms with Crippen molar-refractivity contribution in [2.45, 2.75) is 57.0 Å². The van der Waals surface area contributed by atoms with Gasteiger partial charge in [0, 0.05) is 25.1 Å². The molecule has 3 amide bonds. The van der Waals surface area contributed by atoms with Crippen molar-refractivity contribution >= 4 is 40.2 Å². The van der Waals surface area contributed by atoms with Crippen molar-refractivity contribution in [2.24, 2.45) is 5.92 Å². The van der Waals surface area contributed by atoms with Crippen molar-refractivity contribution in [3.63, 3.8) is 0 Å². The molecule has 0 saturated carbocycles. The van der Waals surface area contributed by atoms with E-state index in [0.717, 1.165) is 23.6 Å². The Morgan fingerprint density at radius 3 is 2.58 bits per heavy atom. The van der Waals surface area contributed by atoms with Gasteiger partial charge in [-0.05, 0) is 55.0 Å². The van der Waals surface area contributed by atoms with Gasteiger partial charge in [-0.15, -0.1) is 13.2 Å². The first-order valence-corrected chi connectivity index (χ1v) is 13.7. The fraction of sp³-hybridized carbons (Fsp3) is 0.419. The summed E-state index contributed by atoms with van der Waals surface area (Å²) in [7, 11) is 0. The summed E-state index contributed by atoms with van der Waals surface area (Å²) in [5.41, 5.74) is 0.530. The first-order chi connectivity index (χ1) is 19.4. The topological polar surface area (TPSA) is 125 Å². The Morgan fingerprint density at radius 2 is 1.85 bits per heavy atom. The molecule has 3 atom stereocenters. The second-order valence-electron chi connectivity index (χ2n) is 9.97. The molecule has 9 nitrogen and oxygen atoms in total. The van der Waals surface area contributed by atoms with Gasteiger partial charge in [0.25, 0.3) is 5.91 Å². The Balaban J connectivity index is 1.72. The van der Waals surface area contributed by atoms with Crippen LogP contribution in [-0.2, 0) is 23.9 Å². The van der Waals surface area contributed by atoms with E-state index < -0.39 is 29.7 Å². The predicted molar refractivity (Wildman–Crippen MR) is 154 cm³/mol. The van der Waals surface area contributed by atoms with Gasteiger partial charge in [-0.1, -0.05) is 42.5 Å². The number of anilines is 1. The number of benzene rings is 2. The number of carbonyl (C=O) groups excluding carboxylic acids is 4. The van der Waals surface area contributed by atoms with Crippen molar-refractivity contribution in [1.82, 2.24) is 10.2 Å². The minimum atomic E-state index is -1.18. The zero-order chi connectivity index (χ0) is 28.9. The van der Waals surface area contributed by atoms with E-state index in [9.17, 15) is 24.3 Å². The highest BCUT2D eigenvalue weighted by atomic mass is 16.5. The molecule has 1 aliphatic heterocycles. The highest BCUT2D eigenvalue weighted by molar-refractivity contribution is 5.99. The van der Waals surface area contributed by atoms with E-state index in [1.54, 1.807) is 23.1 Å². The van der Waals surface area contributed by atoms with Crippen LogP contribution in [-0.4, -0.2) is 65.5 Å². The normalized spacial score (nSPS) is 16.1. The third kappa shape index (κ3) is 8.77. The van der Waals surface area contributed by atoms with Gasteiger partial charge in [0.1, 0.15) is 12.6 Å². The average Bonchev–Trinajstić information content (AvgIpc) is 3.44. The first-order valence-electron chi connectivity index (χ1n) is 13.7. The van der Waals surface area contributed by atoms with Crippen LogP contribution in [0.15, 0.2) is 67.8 Å². The van der Waals surface area contributed by atoms with Gasteiger partial charge in [0.15, 0.2) is 0 Å². The fourth-order valence-electron chi connectivity index (χ4n) is 4.77. The number of likely N-dealkylation sites (tertiary alicyclic amines) is 1. The third-order valence-corrected chi connectivity index (χ3v) is 7.00. The van der Waals surface area contributed by atoms with Crippen LogP contribution in [0.2, 0.25) is 0 Å². The fourth-order valence-corrected chi connectivity index (χ4v) is 4.77. The Labute approximate surface area is 235 Å². The second-order valence-corrected chi connectivity index (χ2v) is 9.97. The monoisotopic (exact) mass is 549 g/mol. The summed E-state index contributed by atoms with van der Waals surface area (Å²) in [6.45, 7) is 7.39. The maximum atomic E-state index is 13.3. The molecule has 3 N–H and O–H groups in total. The lowest BCUT2D eigenvalue weighted by Crippen LogP contribution is -2.49. The van der Waals surface area contributed by atoms with Crippen LogP contribution in [0.25, 0.3) is 10.8 Å². The van der Waals surface area contributed by atoms with Crippen molar-refractivity contribution in [2.75, 3.05) is 25.1 Å². The highest BCUT2D eigenvalue weighted by Crippen LogP contribution is 2.22. The molecule has 1 heterocycles. The largest absolute Gasteiger partial charge is 0.463 e. The average molecular weight is 550 g/mol. The summed E-state index contributed by atoms with van der Waals surface area (Å²) in [5, 5.41) is 17.0. The lowest BCUT2D eigenvalue weighted by Gasteiger charge is -2.26. The van der Waals surface area contributed by atoms with E-state index in [-0.39, 0.29) is 44.4 Å². The number of esters is 1. The number of rotatable bonds is 15. The number of carbonyl (C=O) groups is 4. The molecule has 0 radical (unpaired) electrons. The number of aliphatic hydroxyl groups excluding tert-OH is 1. The molecular formula is C31H39N3O6. The number of nitrogens with zero attached hydrogens (tertiary/aromatic N) is 1. The Morgan fingerprint density at radius 1 is 1.07 bits per heavy atom. The Kier molecular flexibility index (Phi) is 11.9. The second kappa shape index (κ2) is 15.6. The van der Waals surface area contributed by atoms with Crippen LogP contribution in [0.3, 0.4) is 0 Å². The van der Waals surface area contributed by atoms with Crippen molar-refractivity contribution < 1.29 is 29.0 Å². The van der Waals surface area contributed by atoms with Gasteiger partial charge >= 0.3 is 5.97 Å². The van der Waals surface area contributed by atoms with E-state index in [4.69, 9.17) is 4.74 Å². The summed E-state index contributed by atoms with van der Waals surface area (Å²) < 4.78 is 5.34. The Bertz CT molecular complexity index is 1210. The molecule has 214 valence electrons. The molecule has 0 unspecified atom stereocenters. The van der Waals surface area contributed by atoms with Gasteiger partial charge in [-0.2, -0.15) is 0 Å². The molecule has 0 spiro atoms. The molecule has 0 bridgehead atoms. The SMILES string of the molecule is C=CCCCC(=O)OC[C@H](NC(=O)[C@@H](CC=C)CC(=O)N1CCC[C@H]1CO)C(=O)Nc1ccc2ccccc2c1. The van der Waals surface area contributed by atoms with Crippen molar-refractivity contribution in [3.05, 3.63) is 67.8 Å². The van der Waals surface area contributed by atoms with Gasteiger partial charge < -0.3 is 25.4 Å². The number of fused-ring (bicyclic) bond motifs is 1. The summed E-state index contributed by atoms with van der Waals surface area (Å²) >= 11 is 0. The van der Waals surface area contributed by atoms with Crippen LogP contribution in [0.4, 0.5) is 5.69 Å². The van der Waals surface area contributed by atoms with E-state index in [0.29, 0.717) is 25.1 Å². The standard InChI is InChI=1S/C31H39N3O6/c1-3-5-6-14-29(37)40-21-27(31(39)32-25-16-15-22-11-7-8-12-23(22)18-25)33-30(38)24(10-4-2)19-28(36)34-17-9-13-26(34)20-35/h3-4,7-8,11-12,15-16,18,24,26-27,35H,1-2,5-6,9-10,13-14,17,19-21H2,(H,32,39)(H,33,38)/t24-,26-,27-/m0/s1. The van der Waals surface area contributed by atoms with Gasteiger partial charge in [0.2, 0.25) is 11.8 Å². The molecule has 0 aliphatic carbocycles. The molecule has 1 fully saturated rings. The van der Waals surface area contributed by atoms with E-state index >= 15 is 0 Å². The molecule has 3 rings (SSSR count). The molecule has 0 aromatic heterocycles.